The molecule has 1 amide bonds. The third-order valence-corrected chi connectivity index (χ3v) is 7.08. The van der Waals surface area contributed by atoms with Crippen LogP contribution in [0.3, 0.4) is 0 Å². The second kappa shape index (κ2) is 10.8. The average molecular weight is 547 g/mol. The molecular formula is C32H30N6O3. The first-order chi connectivity index (χ1) is 19.9. The quantitative estimate of drug-likeness (QED) is 0.250. The first-order valence-corrected chi connectivity index (χ1v) is 13.4. The van der Waals surface area contributed by atoms with Gasteiger partial charge in [-0.05, 0) is 80.5 Å². The number of ether oxygens (including phenoxy) is 1. The van der Waals surface area contributed by atoms with E-state index in [1.807, 2.05) is 97.9 Å². The number of hydrogen-bond acceptors (Lipinski definition) is 6. The van der Waals surface area contributed by atoms with Crippen molar-refractivity contribution < 1.29 is 9.53 Å². The van der Waals surface area contributed by atoms with E-state index in [2.05, 4.69) is 10.3 Å². The van der Waals surface area contributed by atoms with Gasteiger partial charge in [-0.15, -0.1) is 0 Å². The van der Waals surface area contributed by atoms with Crippen molar-refractivity contribution in [2.45, 2.75) is 12.8 Å². The molecule has 6 rings (SSSR count). The van der Waals surface area contributed by atoms with Gasteiger partial charge in [-0.1, -0.05) is 36.4 Å². The number of aryl methyl sites for hydroxylation is 1. The van der Waals surface area contributed by atoms with E-state index in [-0.39, 0.29) is 17.3 Å². The number of nitrogens with two attached hydrogens (primary N) is 1. The van der Waals surface area contributed by atoms with Crippen LogP contribution in [0.15, 0.2) is 89.7 Å². The molecule has 2 heterocycles. The molecule has 0 radical (unpaired) electrons. The van der Waals surface area contributed by atoms with Gasteiger partial charge in [-0.2, -0.15) is 5.10 Å². The lowest BCUT2D eigenvalue weighted by atomic mass is 9.86. The number of pyridine rings is 1. The normalized spacial score (nSPS) is 12.5. The fraction of sp³-hybridized carbons (Fsp3) is 0.156. The first-order valence-electron chi connectivity index (χ1n) is 13.4. The van der Waals surface area contributed by atoms with E-state index in [1.54, 1.807) is 10.8 Å². The summed E-state index contributed by atoms with van der Waals surface area (Å²) in [7, 11) is 3.89. The molecule has 0 unspecified atom stereocenters. The van der Waals surface area contributed by atoms with Gasteiger partial charge in [-0.3, -0.25) is 9.59 Å². The summed E-state index contributed by atoms with van der Waals surface area (Å²) in [6.07, 6.45) is 4.64. The standard InChI is InChI=1S/C32H30N6O3/c1-37(2)19-7-12-27(39)34-25-11-6-10-24-23(25)17-18-26-28(24)30-29(32(40)35-26)31(33)38(36-30)20-13-15-22(16-14-20)41-21-8-4-3-5-9-21/h3-16H,17-19,33H2,1-2H3,(H,34,39)(H,35,40). The van der Waals surface area contributed by atoms with Crippen molar-refractivity contribution in [3.63, 3.8) is 0 Å². The zero-order valence-corrected chi connectivity index (χ0v) is 22.8. The lowest BCUT2D eigenvalue weighted by molar-refractivity contribution is -0.111. The number of nitrogens with one attached hydrogen (secondary N) is 2. The van der Waals surface area contributed by atoms with Crippen LogP contribution in [0.2, 0.25) is 0 Å². The predicted molar refractivity (Wildman–Crippen MR) is 162 cm³/mol. The minimum atomic E-state index is -0.273. The predicted octanol–water partition coefficient (Wildman–Crippen LogP) is 4.91. The molecule has 206 valence electrons. The lowest BCUT2D eigenvalue weighted by Crippen LogP contribution is -2.18. The summed E-state index contributed by atoms with van der Waals surface area (Å²) in [6.45, 7) is 0.673. The van der Waals surface area contributed by atoms with E-state index < -0.39 is 0 Å². The number of amides is 1. The van der Waals surface area contributed by atoms with Crippen molar-refractivity contribution in [2.24, 2.45) is 0 Å². The second-order valence-corrected chi connectivity index (χ2v) is 10.2. The number of rotatable bonds is 7. The Labute approximate surface area is 236 Å². The van der Waals surface area contributed by atoms with Crippen molar-refractivity contribution in [1.29, 1.82) is 0 Å². The Kier molecular flexibility index (Phi) is 6.86. The number of carbonyl (C=O) groups excluding carboxylic acids is 1. The van der Waals surface area contributed by atoms with Crippen LogP contribution >= 0.6 is 0 Å². The van der Waals surface area contributed by atoms with Gasteiger partial charge in [-0.25, -0.2) is 4.68 Å². The zero-order valence-electron chi connectivity index (χ0n) is 22.8. The zero-order chi connectivity index (χ0) is 28.5. The number of likely N-dealkylation sites (N-methyl/N-ethyl adjacent to an activating group) is 1. The average Bonchev–Trinajstić information content (AvgIpc) is 3.31. The highest BCUT2D eigenvalue weighted by Crippen LogP contribution is 2.40. The maximum Gasteiger partial charge on any atom is 0.261 e. The molecule has 41 heavy (non-hydrogen) atoms. The number of H-pyrrole nitrogens is 1. The summed E-state index contributed by atoms with van der Waals surface area (Å²) in [5, 5.41) is 8.20. The van der Waals surface area contributed by atoms with Crippen molar-refractivity contribution >= 4 is 28.3 Å². The highest BCUT2D eigenvalue weighted by molar-refractivity contribution is 6.04. The molecular weight excluding hydrogens is 516 g/mol. The van der Waals surface area contributed by atoms with Gasteiger partial charge in [0.15, 0.2) is 0 Å². The molecule has 0 atom stereocenters. The Morgan fingerprint density at radius 3 is 2.56 bits per heavy atom. The van der Waals surface area contributed by atoms with Crippen molar-refractivity contribution in [1.82, 2.24) is 19.7 Å². The van der Waals surface area contributed by atoms with Gasteiger partial charge < -0.3 is 25.7 Å². The number of hydrogen-bond donors (Lipinski definition) is 3. The molecule has 1 aliphatic carbocycles. The first kappa shape index (κ1) is 26.1. The lowest BCUT2D eigenvalue weighted by Gasteiger charge is -2.22. The minimum absolute atomic E-state index is 0.189. The SMILES string of the molecule is CN(C)CC=CC(=O)Nc1cccc2c1CCc1[nH]c(=O)c3c(N)n(-c4ccc(Oc5ccccc5)cc4)nc3c1-2. The molecule has 0 spiro atoms. The number of para-hydroxylation sites is 1. The number of nitrogen functional groups attached to an aromatic ring is 1. The van der Waals surface area contributed by atoms with Crippen molar-refractivity contribution in [2.75, 3.05) is 31.7 Å². The van der Waals surface area contributed by atoms with E-state index in [0.29, 0.717) is 41.7 Å². The van der Waals surface area contributed by atoms with Crippen LogP contribution in [0.1, 0.15) is 11.3 Å². The van der Waals surface area contributed by atoms with Crippen LogP contribution in [0, 0.1) is 0 Å². The Hall–Kier alpha value is -5.15. The summed E-state index contributed by atoms with van der Waals surface area (Å²) in [4.78, 5) is 30.8. The second-order valence-electron chi connectivity index (χ2n) is 10.2. The van der Waals surface area contributed by atoms with Gasteiger partial charge in [0.1, 0.15) is 28.2 Å². The van der Waals surface area contributed by atoms with E-state index >= 15 is 0 Å². The number of benzene rings is 3. The van der Waals surface area contributed by atoms with E-state index in [9.17, 15) is 9.59 Å². The number of aromatic amines is 1. The molecule has 0 bridgehead atoms. The number of nitrogens with zero attached hydrogens (tertiary/aromatic N) is 3. The minimum Gasteiger partial charge on any atom is -0.457 e. The van der Waals surface area contributed by atoms with Crippen LogP contribution in [-0.2, 0) is 17.6 Å². The smallest absolute Gasteiger partial charge is 0.261 e. The van der Waals surface area contributed by atoms with Crippen LogP contribution in [0.5, 0.6) is 11.5 Å². The van der Waals surface area contributed by atoms with Gasteiger partial charge >= 0.3 is 0 Å². The molecule has 0 saturated carbocycles. The van der Waals surface area contributed by atoms with Gasteiger partial charge in [0.2, 0.25) is 5.91 Å². The Bertz CT molecular complexity index is 1840. The summed E-state index contributed by atoms with van der Waals surface area (Å²) in [5.74, 6) is 1.47. The van der Waals surface area contributed by atoms with Crippen molar-refractivity contribution in [3.05, 3.63) is 107 Å². The number of aromatic nitrogens is 3. The van der Waals surface area contributed by atoms with E-state index in [0.717, 1.165) is 33.8 Å². The summed E-state index contributed by atoms with van der Waals surface area (Å²) >= 11 is 0. The molecule has 9 heteroatoms. The molecule has 1 aliphatic rings. The van der Waals surface area contributed by atoms with E-state index in [4.69, 9.17) is 15.6 Å². The fourth-order valence-corrected chi connectivity index (χ4v) is 5.19. The topological polar surface area (TPSA) is 118 Å². The van der Waals surface area contributed by atoms with Gasteiger partial charge in [0.25, 0.3) is 5.56 Å². The third-order valence-electron chi connectivity index (χ3n) is 7.08. The molecule has 0 saturated heterocycles. The van der Waals surface area contributed by atoms with Crippen LogP contribution in [-0.4, -0.2) is 46.2 Å². The summed E-state index contributed by atoms with van der Waals surface area (Å²) in [5.41, 5.74) is 11.8. The Balaban J connectivity index is 1.38. The molecule has 5 aromatic rings. The van der Waals surface area contributed by atoms with Gasteiger partial charge in [0, 0.05) is 29.6 Å². The molecule has 2 aromatic heterocycles. The monoisotopic (exact) mass is 546 g/mol. The molecule has 0 aliphatic heterocycles. The highest BCUT2D eigenvalue weighted by atomic mass is 16.5. The third kappa shape index (κ3) is 5.10. The number of anilines is 2. The molecule has 9 nitrogen and oxygen atoms in total. The summed E-state index contributed by atoms with van der Waals surface area (Å²) < 4.78 is 7.49. The number of carbonyl (C=O) groups is 1. The Morgan fingerprint density at radius 1 is 1.05 bits per heavy atom. The highest BCUT2D eigenvalue weighted by Gasteiger charge is 2.26. The van der Waals surface area contributed by atoms with Crippen LogP contribution in [0.4, 0.5) is 11.5 Å². The van der Waals surface area contributed by atoms with Crippen LogP contribution < -0.4 is 21.3 Å². The summed E-state index contributed by atoms with van der Waals surface area (Å²) in [6, 6.07) is 22.7. The molecule has 3 aromatic carbocycles. The molecule has 4 N–H and O–H groups in total. The number of fused-ring (bicyclic) bond motifs is 5. The maximum absolute atomic E-state index is 13.2. The maximum atomic E-state index is 13.2. The molecule has 0 fully saturated rings. The van der Waals surface area contributed by atoms with Crippen molar-refractivity contribution in [3.8, 4) is 28.3 Å². The largest absolute Gasteiger partial charge is 0.457 e. The Morgan fingerprint density at radius 2 is 1.80 bits per heavy atom. The fourth-order valence-electron chi connectivity index (χ4n) is 5.19. The van der Waals surface area contributed by atoms with E-state index in [1.165, 1.54) is 0 Å². The van der Waals surface area contributed by atoms with Crippen LogP contribution in [0.25, 0.3) is 27.7 Å². The van der Waals surface area contributed by atoms with Gasteiger partial charge in [0.05, 0.1) is 5.69 Å².